The molecule has 0 spiro atoms. The molecule has 1 saturated carbocycles. The first kappa shape index (κ1) is 19.7. The summed E-state index contributed by atoms with van der Waals surface area (Å²) in [5.41, 5.74) is 1.48. The monoisotopic (exact) mass is 365 g/mol. The van der Waals surface area contributed by atoms with E-state index in [1.165, 1.54) is 6.42 Å². The zero-order chi connectivity index (χ0) is 17.2. The molecule has 1 aromatic rings. The maximum absolute atomic E-state index is 12.8. The van der Waals surface area contributed by atoms with Crippen molar-refractivity contribution >= 4 is 24.2 Å². The number of rotatable bonds is 4. The number of fused-ring (bicyclic) bond motifs is 1. The van der Waals surface area contributed by atoms with Gasteiger partial charge < -0.3 is 15.5 Å². The largest absolute Gasteiger partial charge is 0.351 e. The molecule has 1 saturated heterocycles. The van der Waals surface area contributed by atoms with Gasteiger partial charge >= 0.3 is 0 Å². The molecule has 138 valence electrons. The Balaban J connectivity index is 0.00000225. The number of amides is 2. The minimum Gasteiger partial charge on any atom is -0.351 e. The number of nitrogens with zero attached hydrogens (tertiary/aromatic N) is 1. The molecule has 2 aliphatic rings. The zero-order valence-electron chi connectivity index (χ0n) is 15.0. The standard InChI is InChI=1S/C19H27N3O2.ClH/c1-22(2)17(23)15-8-6-14(7-9-15)11-21-18(24)19-10-4-3-5-16(19)12-20-13-19;/h6-9,16,20H,3-5,10-13H2,1-2H3,(H,21,24);1H/t16-,19+;/m0./s1. The molecule has 0 bridgehead atoms. The van der Waals surface area contributed by atoms with Gasteiger partial charge in [0.15, 0.2) is 0 Å². The summed E-state index contributed by atoms with van der Waals surface area (Å²) in [7, 11) is 3.48. The summed E-state index contributed by atoms with van der Waals surface area (Å²) in [6, 6.07) is 7.48. The molecule has 0 unspecified atom stereocenters. The van der Waals surface area contributed by atoms with Gasteiger partial charge in [-0.25, -0.2) is 0 Å². The van der Waals surface area contributed by atoms with Crippen molar-refractivity contribution in [1.82, 2.24) is 15.5 Å². The summed E-state index contributed by atoms with van der Waals surface area (Å²) in [6.07, 6.45) is 4.53. The molecule has 1 heterocycles. The second kappa shape index (κ2) is 8.19. The van der Waals surface area contributed by atoms with E-state index in [9.17, 15) is 9.59 Å². The van der Waals surface area contributed by atoms with Gasteiger partial charge in [-0.05, 0) is 43.0 Å². The van der Waals surface area contributed by atoms with Crippen molar-refractivity contribution in [2.45, 2.75) is 32.2 Å². The molecular weight excluding hydrogens is 338 g/mol. The fraction of sp³-hybridized carbons (Fsp3) is 0.579. The number of hydrogen-bond acceptors (Lipinski definition) is 3. The van der Waals surface area contributed by atoms with E-state index in [0.29, 0.717) is 18.0 Å². The molecule has 2 N–H and O–H groups in total. The van der Waals surface area contributed by atoms with Gasteiger partial charge in [0.2, 0.25) is 5.91 Å². The Morgan fingerprint density at radius 2 is 1.96 bits per heavy atom. The van der Waals surface area contributed by atoms with Gasteiger partial charge in [0.1, 0.15) is 0 Å². The molecule has 0 radical (unpaired) electrons. The smallest absolute Gasteiger partial charge is 0.253 e. The molecule has 2 amide bonds. The molecule has 0 aromatic heterocycles. The molecule has 6 heteroatoms. The van der Waals surface area contributed by atoms with E-state index in [-0.39, 0.29) is 29.6 Å². The lowest BCUT2D eigenvalue weighted by Gasteiger charge is -2.37. The van der Waals surface area contributed by atoms with Crippen LogP contribution in [0.15, 0.2) is 24.3 Å². The van der Waals surface area contributed by atoms with E-state index < -0.39 is 0 Å². The predicted molar refractivity (Wildman–Crippen MR) is 101 cm³/mol. The number of halogens is 1. The van der Waals surface area contributed by atoms with E-state index in [1.807, 2.05) is 24.3 Å². The fourth-order valence-corrected chi connectivity index (χ4v) is 4.07. The number of hydrogen-bond donors (Lipinski definition) is 2. The van der Waals surface area contributed by atoms with E-state index in [0.717, 1.165) is 37.9 Å². The molecule has 1 aliphatic heterocycles. The third-order valence-corrected chi connectivity index (χ3v) is 5.55. The number of carbonyl (C=O) groups is 2. The van der Waals surface area contributed by atoms with Gasteiger partial charge in [0.05, 0.1) is 5.41 Å². The topological polar surface area (TPSA) is 61.4 Å². The van der Waals surface area contributed by atoms with Crippen molar-refractivity contribution in [1.29, 1.82) is 0 Å². The average Bonchev–Trinajstić information content (AvgIpc) is 3.04. The Morgan fingerprint density at radius 1 is 1.24 bits per heavy atom. The highest BCUT2D eigenvalue weighted by atomic mass is 35.5. The van der Waals surface area contributed by atoms with Gasteiger partial charge in [-0.15, -0.1) is 12.4 Å². The Labute approximate surface area is 155 Å². The van der Waals surface area contributed by atoms with Crippen LogP contribution in [0.2, 0.25) is 0 Å². The van der Waals surface area contributed by atoms with Crippen LogP contribution in [-0.2, 0) is 11.3 Å². The van der Waals surface area contributed by atoms with Crippen LogP contribution >= 0.6 is 12.4 Å². The van der Waals surface area contributed by atoms with Crippen molar-refractivity contribution in [2.75, 3.05) is 27.2 Å². The van der Waals surface area contributed by atoms with E-state index >= 15 is 0 Å². The summed E-state index contributed by atoms with van der Waals surface area (Å²) in [5, 5.41) is 6.54. The highest BCUT2D eigenvalue weighted by Gasteiger charge is 2.49. The minimum absolute atomic E-state index is 0. The second-order valence-electron chi connectivity index (χ2n) is 7.31. The normalized spacial score (nSPS) is 24.8. The van der Waals surface area contributed by atoms with Crippen molar-refractivity contribution in [3.8, 4) is 0 Å². The number of benzene rings is 1. The first-order valence-corrected chi connectivity index (χ1v) is 8.82. The highest BCUT2D eigenvalue weighted by molar-refractivity contribution is 5.93. The lowest BCUT2D eigenvalue weighted by atomic mass is 9.67. The van der Waals surface area contributed by atoms with E-state index in [2.05, 4.69) is 10.6 Å². The van der Waals surface area contributed by atoms with Crippen LogP contribution in [-0.4, -0.2) is 43.9 Å². The van der Waals surface area contributed by atoms with Crippen LogP contribution in [0.1, 0.15) is 41.6 Å². The maximum Gasteiger partial charge on any atom is 0.253 e. The fourth-order valence-electron chi connectivity index (χ4n) is 4.07. The van der Waals surface area contributed by atoms with Crippen LogP contribution in [0.4, 0.5) is 0 Å². The molecule has 25 heavy (non-hydrogen) atoms. The Kier molecular flexibility index (Phi) is 6.47. The maximum atomic E-state index is 12.8. The van der Waals surface area contributed by atoms with Crippen molar-refractivity contribution < 1.29 is 9.59 Å². The minimum atomic E-state index is -0.209. The van der Waals surface area contributed by atoms with Gasteiger partial charge in [-0.3, -0.25) is 9.59 Å². The van der Waals surface area contributed by atoms with Crippen LogP contribution in [0.5, 0.6) is 0 Å². The van der Waals surface area contributed by atoms with Gasteiger partial charge in [0.25, 0.3) is 5.91 Å². The van der Waals surface area contributed by atoms with Crippen molar-refractivity contribution in [3.05, 3.63) is 35.4 Å². The summed E-state index contributed by atoms with van der Waals surface area (Å²) in [5.74, 6) is 0.656. The van der Waals surface area contributed by atoms with Crippen LogP contribution in [0, 0.1) is 11.3 Å². The van der Waals surface area contributed by atoms with Gasteiger partial charge in [-0.2, -0.15) is 0 Å². The predicted octanol–water partition coefficient (Wildman–Crippen LogP) is 2.21. The Hall–Kier alpha value is -1.59. The highest BCUT2D eigenvalue weighted by Crippen LogP contribution is 2.43. The van der Waals surface area contributed by atoms with Crippen LogP contribution in [0.3, 0.4) is 0 Å². The molecule has 1 aromatic carbocycles. The average molecular weight is 366 g/mol. The van der Waals surface area contributed by atoms with Crippen molar-refractivity contribution in [3.63, 3.8) is 0 Å². The first-order chi connectivity index (χ1) is 11.5. The van der Waals surface area contributed by atoms with Crippen LogP contribution in [0.25, 0.3) is 0 Å². The zero-order valence-corrected chi connectivity index (χ0v) is 15.8. The van der Waals surface area contributed by atoms with Gasteiger partial charge in [-0.1, -0.05) is 25.0 Å². The number of carbonyl (C=O) groups excluding carboxylic acids is 2. The van der Waals surface area contributed by atoms with Crippen molar-refractivity contribution in [2.24, 2.45) is 11.3 Å². The molecule has 2 fully saturated rings. The van der Waals surface area contributed by atoms with E-state index in [4.69, 9.17) is 0 Å². The third-order valence-electron chi connectivity index (χ3n) is 5.55. The third kappa shape index (κ3) is 3.98. The molecular formula is C19H28ClN3O2. The summed E-state index contributed by atoms with van der Waals surface area (Å²) >= 11 is 0. The quantitative estimate of drug-likeness (QED) is 0.860. The summed E-state index contributed by atoms with van der Waals surface area (Å²) < 4.78 is 0. The molecule has 3 rings (SSSR count). The van der Waals surface area contributed by atoms with Crippen LogP contribution < -0.4 is 10.6 Å². The Bertz CT molecular complexity index is 618. The molecule has 5 nitrogen and oxygen atoms in total. The second-order valence-corrected chi connectivity index (χ2v) is 7.31. The van der Waals surface area contributed by atoms with E-state index in [1.54, 1.807) is 19.0 Å². The summed E-state index contributed by atoms with van der Waals surface area (Å²) in [6.45, 7) is 2.29. The Morgan fingerprint density at radius 3 is 2.64 bits per heavy atom. The first-order valence-electron chi connectivity index (χ1n) is 8.82. The molecule has 2 atom stereocenters. The molecule has 1 aliphatic carbocycles. The summed E-state index contributed by atoms with van der Waals surface area (Å²) in [4.78, 5) is 26.3. The van der Waals surface area contributed by atoms with Gasteiger partial charge in [0, 0.05) is 32.7 Å². The number of nitrogens with one attached hydrogen (secondary N) is 2. The lowest BCUT2D eigenvalue weighted by molar-refractivity contribution is -0.134. The lowest BCUT2D eigenvalue weighted by Crippen LogP contribution is -2.47. The SMILES string of the molecule is CN(C)C(=O)c1ccc(CNC(=O)[C@@]23CCCC[C@H]2CNC3)cc1.Cl.